The average molecular weight is 340 g/mol. The maximum Gasteiger partial charge on any atom is 0.119 e. The van der Waals surface area contributed by atoms with Crippen molar-refractivity contribution in [1.29, 1.82) is 0 Å². The van der Waals surface area contributed by atoms with Crippen LogP contribution in [0, 0.1) is 11.8 Å². The third kappa shape index (κ3) is 2.81. The highest BCUT2D eigenvalue weighted by Gasteiger charge is 2.51. The number of ether oxygens (including phenoxy) is 1. The molecular formula is C23H33NO. The molecule has 3 aliphatic carbocycles. The van der Waals surface area contributed by atoms with E-state index in [-0.39, 0.29) is 0 Å². The van der Waals surface area contributed by atoms with Crippen LogP contribution in [0.15, 0.2) is 18.2 Å². The number of benzene rings is 1. The van der Waals surface area contributed by atoms with Gasteiger partial charge in [0.1, 0.15) is 5.75 Å². The molecule has 2 heteroatoms. The Kier molecular flexibility index (Phi) is 4.28. The van der Waals surface area contributed by atoms with Crippen molar-refractivity contribution in [3.63, 3.8) is 0 Å². The second-order valence-electron chi connectivity index (χ2n) is 9.13. The van der Waals surface area contributed by atoms with Gasteiger partial charge in [-0.3, -0.25) is 0 Å². The number of fused-ring (bicyclic) bond motifs is 1. The lowest BCUT2D eigenvalue weighted by Gasteiger charge is -2.56. The molecule has 2 bridgehead atoms. The van der Waals surface area contributed by atoms with E-state index in [4.69, 9.17) is 4.74 Å². The SMILES string of the molecule is c1cc2c(cc1OCCC1CCCC1)[C@@]13CCCC[C@H]1[C@@H](C2)NCC3. The van der Waals surface area contributed by atoms with Crippen LogP contribution < -0.4 is 10.1 Å². The fraction of sp³-hybridized carbons (Fsp3) is 0.739. The van der Waals surface area contributed by atoms with Crippen LogP contribution in [0.3, 0.4) is 0 Å². The Morgan fingerprint density at radius 3 is 2.84 bits per heavy atom. The first-order valence-corrected chi connectivity index (χ1v) is 10.8. The van der Waals surface area contributed by atoms with E-state index in [1.807, 2.05) is 0 Å². The van der Waals surface area contributed by atoms with Gasteiger partial charge in [0.15, 0.2) is 0 Å². The Hall–Kier alpha value is -1.02. The third-order valence-electron chi connectivity index (χ3n) is 7.89. The molecule has 1 saturated heterocycles. The van der Waals surface area contributed by atoms with Crippen LogP contribution in [0.1, 0.15) is 75.3 Å². The Morgan fingerprint density at radius 2 is 1.92 bits per heavy atom. The van der Waals surface area contributed by atoms with E-state index in [2.05, 4.69) is 23.5 Å². The predicted molar refractivity (Wildman–Crippen MR) is 102 cm³/mol. The molecule has 1 heterocycles. The van der Waals surface area contributed by atoms with Crippen LogP contribution in [0.5, 0.6) is 5.75 Å². The lowest BCUT2D eigenvalue weighted by atomic mass is 9.53. The fourth-order valence-corrected chi connectivity index (χ4v) is 6.64. The summed E-state index contributed by atoms with van der Waals surface area (Å²) < 4.78 is 6.23. The van der Waals surface area contributed by atoms with Gasteiger partial charge in [0.05, 0.1) is 6.61 Å². The normalized spacial score (nSPS) is 34.4. The molecular weight excluding hydrogens is 306 g/mol. The van der Waals surface area contributed by atoms with Crippen molar-refractivity contribution in [2.75, 3.05) is 13.2 Å². The van der Waals surface area contributed by atoms with Gasteiger partial charge in [-0.2, -0.15) is 0 Å². The highest BCUT2D eigenvalue weighted by atomic mass is 16.5. The molecule has 136 valence electrons. The molecule has 2 saturated carbocycles. The summed E-state index contributed by atoms with van der Waals surface area (Å²) in [7, 11) is 0. The van der Waals surface area contributed by atoms with Crippen molar-refractivity contribution in [2.24, 2.45) is 11.8 Å². The van der Waals surface area contributed by atoms with E-state index in [9.17, 15) is 0 Å². The summed E-state index contributed by atoms with van der Waals surface area (Å²) in [5.41, 5.74) is 3.71. The van der Waals surface area contributed by atoms with Crippen LogP contribution >= 0.6 is 0 Å². The molecule has 2 nitrogen and oxygen atoms in total. The molecule has 0 spiro atoms. The van der Waals surface area contributed by atoms with Crippen LogP contribution in [0.25, 0.3) is 0 Å². The average Bonchev–Trinajstić information content (AvgIpc) is 3.16. The van der Waals surface area contributed by atoms with Crippen molar-refractivity contribution in [3.8, 4) is 5.75 Å². The summed E-state index contributed by atoms with van der Waals surface area (Å²) in [5, 5.41) is 3.83. The van der Waals surface area contributed by atoms with E-state index >= 15 is 0 Å². The Morgan fingerprint density at radius 1 is 1.04 bits per heavy atom. The Balaban J connectivity index is 1.37. The monoisotopic (exact) mass is 339 g/mol. The number of nitrogens with one attached hydrogen (secondary N) is 1. The summed E-state index contributed by atoms with van der Waals surface area (Å²) >= 11 is 0. The first-order chi connectivity index (χ1) is 12.4. The minimum Gasteiger partial charge on any atom is -0.494 e. The van der Waals surface area contributed by atoms with Crippen LogP contribution in [0.4, 0.5) is 0 Å². The molecule has 3 atom stereocenters. The standard InChI is InChI=1S/C23H33NO/c1-2-6-17(5-1)10-14-25-19-9-8-18-15-22-20-7-3-4-11-23(20,12-13-24-22)21(18)16-19/h8-9,16-17,20,22,24H,1-7,10-15H2/t20-,22+,23+/m0/s1. The van der Waals surface area contributed by atoms with Crippen molar-refractivity contribution in [2.45, 2.75) is 82.1 Å². The minimum absolute atomic E-state index is 0.451. The lowest BCUT2D eigenvalue weighted by molar-refractivity contribution is 0.0794. The van der Waals surface area contributed by atoms with Crippen molar-refractivity contribution >= 4 is 0 Å². The maximum atomic E-state index is 6.23. The van der Waals surface area contributed by atoms with Crippen LogP contribution in [-0.2, 0) is 11.8 Å². The second-order valence-corrected chi connectivity index (χ2v) is 9.13. The van der Waals surface area contributed by atoms with E-state index < -0.39 is 0 Å². The van der Waals surface area contributed by atoms with Gasteiger partial charge in [-0.05, 0) is 73.7 Å². The molecule has 5 rings (SSSR count). The molecule has 0 unspecified atom stereocenters. The van der Waals surface area contributed by atoms with Crippen LogP contribution in [0.2, 0.25) is 0 Å². The zero-order valence-corrected chi connectivity index (χ0v) is 15.6. The van der Waals surface area contributed by atoms with Gasteiger partial charge < -0.3 is 10.1 Å². The van der Waals surface area contributed by atoms with E-state index in [0.717, 1.165) is 30.2 Å². The summed E-state index contributed by atoms with van der Waals surface area (Å²) in [6.45, 7) is 2.11. The van der Waals surface area contributed by atoms with E-state index in [0.29, 0.717) is 5.41 Å². The van der Waals surface area contributed by atoms with Gasteiger partial charge in [-0.25, -0.2) is 0 Å². The molecule has 3 fully saturated rings. The van der Waals surface area contributed by atoms with Crippen LogP contribution in [-0.4, -0.2) is 19.2 Å². The highest BCUT2D eigenvalue weighted by Crippen LogP contribution is 2.54. The molecule has 0 amide bonds. The first kappa shape index (κ1) is 16.2. The first-order valence-electron chi connectivity index (χ1n) is 10.8. The lowest BCUT2D eigenvalue weighted by Crippen LogP contribution is -2.59. The summed E-state index contributed by atoms with van der Waals surface area (Å²) in [6.07, 6.45) is 15.2. The van der Waals surface area contributed by atoms with Crippen molar-refractivity contribution in [1.82, 2.24) is 5.32 Å². The quantitative estimate of drug-likeness (QED) is 0.834. The largest absolute Gasteiger partial charge is 0.494 e. The van der Waals surface area contributed by atoms with Gasteiger partial charge in [0, 0.05) is 11.5 Å². The number of piperidine rings is 1. The van der Waals surface area contributed by atoms with Crippen molar-refractivity contribution < 1.29 is 4.74 Å². The fourth-order valence-electron chi connectivity index (χ4n) is 6.64. The number of hydrogen-bond donors (Lipinski definition) is 1. The van der Waals surface area contributed by atoms with Gasteiger partial charge >= 0.3 is 0 Å². The summed E-state index contributed by atoms with van der Waals surface area (Å²) in [4.78, 5) is 0. The van der Waals surface area contributed by atoms with Gasteiger partial charge in [0.2, 0.25) is 0 Å². The number of hydrogen-bond acceptors (Lipinski definition) is 2. The molecule has 1 aromatic carbocycles. The zero-order valence-electron chi connectivity index (χ0n) is 15.6. The van der Waals surface area contributed by atoms with Gasteiger partial charge in [-0.1, -0.05) is 44.6 Å². The predicted octanol–water partition coefficient (Wildman–Crippen LogP) is 4.99. The van der Waals surface area contributed by atoms with Gasteiger partial charge in [-0.15, -0.1) is 0 Å². The molecule has 1 N–H and O–H groups in total. The number of rotatable bonds is 4. The zero-order chi connectivity index (χ0) is 16.7. The van der Waals surface area contributed by atoms with E-state index in [1.165, 1.54) is 77.2 Å². The summed E-state index contributed by atoms with van der Waals surface area (Å²) in [5.74, 6) is 2.91. The molecule has 1 aliphatic heterocycles. The van der Waals surface area contributed by atoms with Gasteiger partial charge in [0.25, 0.3) is 0 Å². The molecule has 25 heavy (non-hydrogen) atoms. The summed E-state index contributed by atoms with van der Waals surface area (Å²) in [6, 6.07) is 7.79. The smallest absolute Gasteiger partial charge is 0.119 e. The topological polar surface area (TPSA) is 21.3 Å². The highest BCUT2D eigenvalue weighted by molar-refractivity contribution is 5.45. The Labute approximate surface area is 152 Å². The third-order valence-corrected chi connectivity index (χ3v) is 7.89. The minimum atomic E-state index is 0.451. The molecule has 0 radical (unpaired) electrons. The molecule has 4 aliphatic rings. The van der Waals surface area contributed by atoms with Crippen molar-refractivity contribution in [3.05, 3.63) is 29.3 Å². The van der Waals surface area contributed by atoms with E-state index in [1.54, 1.807) is 11.1 Å². The Bertz CT molecular complexity index is 617. The second kappa shape index (κ2) is 6.61. The molecule has 0 aromatic heterocycles. The maximum absolute atomic E-state index is 6.23. The molecule has 1 aromatic rings.